The molecule has 0 amide bonds. The molecule has 94 valence electrons. The molecule has 2 heterocycles. The summed E-state index contributed by atoms with van der Waals surface area (Å²) < 4.78 is 5.20. The molecule has 0 aliphatic rings. The maximum Gasteiger partial charge on any atom is 0.241 e. The van der Waals surface area contributed by atoms with E-state index in [-0.39, 0.29) is 0 Å². The van der Waals surface area contributed by atoms with Gasteiger partial charge in [-0.3, -0.25) is 0 Å². The molecule has 0 bridgehead atoms. The molecule has 2 aromatic rings. The van der Waals surface area contributed by atoms with Crippen LogP contribution in [0.4, 0.5) is 5.95 Å². The highest BCUT2D eigenvalue weighted by atomic mass is 16.5. The van der Waals surface area contributed by atoms with Gasteiger partial charge >= 0.3 is 0 Å². The van der Waals surface area contributed by atoms with Crippen molar-refractivity contribution in [2.24, 2.45) is 0 Å². The van der Waals surface area contributed by atoms with E-state index in [2.05, 4.69) is 25.3 Å². The first-order chi connectivity index (χ1) is 8.76. The van der Waals surface area contributed by atoms with E-state index in [1.54, 1.807) is 25.7 Å². The van der Waals surface area contributed by atoms with Crippen LogP contribution in [-0.4, -0.2) is 33.6 Å². The highest BCUT2D eigenvalue weighted by Crippen LogP contribution is 2.26. The number of methoxy groups -OCH3 is 1. The fourth-order valence-electron chi connectivity index (χ4n) is 1.56. The monoisotopic (exact) mass is 245 g/mol. The van der Waals surface area contributed by atoms with E-state index in [4.69, 9.17) is 4.74 Å². The molecule has 18 heavy (non-hydrogen) atoms. The summed E-state index contributed by atoms with van der Waals surface area (Å²) in [6.45, 7) is 4.69. The van der Waals surface area contributed by atoms with E-state index in [0.29, 0.717) is 17.5 Å². The zero-order valence-electron chi connectivity index (χ0n) is 10.6. The fourth-order valence-corrected chi connectivity index (χ4v) is 1.56. The second kappa shape index (κ2) is 5.39. The molecule has 2 rings (SSSR count). The number of hydrogen-bond acceptors (Lipinski definition) is 6. The standard InChI is InChI=1S/C12H15N5O/c1-4-13-12-16-7-8(2)9(17-12)10-11(18-3)15-6-5-14-10/h5-7H,4H2,1-3H3,(H,13,16,17). The number of anilines is 1. The summed E-state index contributed by atoms with van der Waals surface area (Å²) in [7, 11) is 1.56. The Labute approximate surface area is 105 Å². The first kappa shape index (κ1) is 12.2. The van der Waals surface area contributed by atoms with Gasteiger partial charge in [0.05, 0.1) is 7.11 Å². The van der Waals surface area contributed by atoms with E-state index >= 15 is 0 Å². The summed E-state index contributed by atoms with van der Waals surface area (Å²) in [6, 6.07) is 0. The van der Waals surface area contributed by atoms with Gasteiger partial charge in [-0.05, 0) is 19.4 Å². The Bertz CT molecular complexity index is 544. The van der Waals surface area contributed by atoms with Gasteiger partial charge in [0.1, 0.15) is 5.69 Å². The average Bonchev–Trinajstić information content (AvgIpc) is 2.41. The van der Waals surface area contributed by atoms with Crippen molar-refractivity contribution in [1.82, 2.24) is 19.9 Å². The number of hydrogen-bond donors (Lipinski definition) is 1. The van der Waals surface area contributed by atoms with Crippen molar-refractivity contribution in [2.45, 2.75) is 13.8 Å². The molecule has 0 atom stereocenters. The number of nitrogens with zero attached hydrogens (tertiary/aromatic N) is 4. The summed E-state index contributed by atoms with van der Waals surface area (Å²) in [4.78, 5) is 17.0. The van der Waals surface area contributed by atoms with Crippen LogP contribution in [0, 0.1) is 6.92 Å². The quantitative estimate of drug-likeness (QED) is 0.883. The molecule has 1 N–H and O–H groups in total. The molecule has 0 saturated heterocycles. The lowest BCUT2D eigenvalue weighted by atomic mass is 10.2. The molecular weight excluding hydrogens is 230 g/mol. The Kier molecular flexibility index (Phi) is 3.66. The van der Waals surface area contributed by atoms with Crippen LogP contribution in [0.3, 0.4) is 0 Å². The van der Waals surface area contributed by atoms with Gasteiger partial charge in [0.2, 0.25) is 11.8 Å². The molecular formula is C12H15N5O. The van der Waals surface area contributed by atoms with Crippen LogP contribution < -0.4 is 10.1 Å². The van der Waals surface area contributed by atoms with Crippen molar-refractivity contribution in [3.8, 4) is 17.3 Å². The van der Waals surface area contributed by atoms with Gasteiger partial charge in [0.25, 0.3) is 0 Å². The van der Waals surface area contributed by atoms with Crippen molar-refractivity contribution in [3.05, 3.63) is 24.2 Å². The van der Waals surface area contributed by atoms with Gasteiger partial charge in [-0.1, -0.05) is 0 Å². The second-order valence-electron chi connectivity index (χ2n) is 3.67. The highest BCUT2D eigenvalue weighted by Gasteiger charge is 2.13. The molecule has 6 nitrogen and oxygen atoms in total. The lowest BCUT2D eigenvalue weighted by Crippen LogP contribution is -2.05. The third-order valence-electron chi connectivity index (χ3n) is 2.39. The fraction of sp³-hybridized carbons (Fsp3) is 0.333. The van der Waals surface area contributed by atoms with Gasteiger partial charge < -0.3 is 10.1 Å². The van der Waals surface area contributed by atoms with Gasteiger partial charge in [-0.25, -0.2) is 19.9 Å². The Hall–Kier alpha value is -2.24. The topological polar surface area (TPSA) is 72.8 Å². The summed E-state index contributed by atoms with van der Waals surface area (Å²) >= 11 is 0. The number of aryl methyl sites for hydroxylation is 1. The van der Waals surface area contributed by atoms with Crippen molar-refractivity contribution < 1.29 is 4.74 Å². The molecule has 0 unspecified atom stereocenters. The zero-order valence-corrected chi connectivity index (χ0v) is 10.6. The molecule has 0 fully saturated rings. The summed E-state index contributed by atoms with van der Waals surface area (Å²) in [5.41, 5.74) is 2.28. The normalized spacial score (nSPS) is 10.2. The maximum absolute atomic E-state index is 5.20. The number of ether oxygens (including phenoxy) is 1. The molecule has 2 aromatic heterocycles. The molecule has 0 radical (unpaired) electrons. The van der Waals surface area contributed by atoms with Crippen LogP contribution in [0.25, 0.3) is 11.4 Å². The average molecular weight is 245 g/mol. The minimum Gasteiger partial charge on any atom is -0.479 e. The predicted octanol–water partition coefficient (Wildman–Crippen LogP) is 1.68. The number of aromatic nitrogens is 4. The van der Waals surface area contributed by atoms with Gasteiger partial charge in [-0.15, -0.1) is 0 Å². The third-order valence-corrected chi connectivity index (χ3v) is 2.39. The van der Waals surface area contributed by atoms with Gasteiger partial charge in [-0.2, -0.15) is 0 Å². The lowest BCUT2D eigenvalue weighted by molar-refractivity contribution is 0.397. The highest BCUT2D eigenvalue weighted by molar-refractivity contribution is 5.64. The Morgan fingerprint density at radius 3 is 2.67 bits per heavy atom. The van der Waals surface area contributed by atoms with E-state index in [9.17, 15) is 0 Å². The van der Waals surface area contributed by atoms with Crippen LogP contribution in [0.5, 0.6) is 5.88 Å². The van der Waals surface area contributed by atoms with Crippen molar-refractivity contribution in [2.75, 3.05) is 19.0 Å². The van der Waals surface area contributed by atoms with E-state index < -0.39 is 0 Å². The molecule has 0 spiro atoms. The molecule has 0 saturated carbocycles. The lowest BCUT2D eigenvalue weighted by Gasteiger charge is -2.09. The van der Waals surface area contributed by atoms with Crippen LogP contribution in [0.1, 0.15) is 12.5 Å². The van der Waals surface area contributed by atoms with E-state index in [0.717, 1.165) is 17.8 Å². The van der Waals surface area contributed by atoms with Crippen LogP contribution >= 0.6 is 0 Å². The largest absolute Gasteiger partial charge is 0.479 e. The predicted molar refractivity (Wildman–Crippen MR) is 68.5 cm³/mol. The minimum absolute atomic E-state index is 0.460. The molecule has 0 aliphatic carbocycles. The smallest absolute Gasteiger partial charge is 0.241 e. The van der Waals surface area contributed by atoms with Crippen LogP contribution in [-0.2, 0) is 0 Å². The zero-order chi connectivity index (χ0) is 13.0. The Balaban J connectivity index is 2.51. The third kappa shape index (κ3) is 2.37. The Morgan fingerprint density at radius 2 is 1.94 bits per heavy atom. The molecule has 0 aromatic carbocycles. The summed E-state index contributed by atoms with van der Waals surface area (Å²) in [5.74, 6) is 1.03. The maximum atomic E-state index is 5.20. The first-order valence-electron chi connectivity index (χ1n) is 5.69. The summed E-state index contributed by atoms with van der Waals surface area (Å²) in [6.07, 6.45) is 4.96. The first-order valence-corrected chi connectivity index (χ1v) is 5.69. The van der Waals surface area contributed by atoms with Gasteiger partial charge in [0, 0.05) is 25.1 Å². The Morgan fingerprint density at radius 1 is 1.17 bits per heavy atom. The van der Waals surface area contributed by atoms with Crippen molar-refractivity contribution >= 4 is 5.95 Å². The molecule has 6 heteroatoms. The molecule has 0 aliphatic heterocycles. The van der Waals surface area contributed by atoms with Gasteiger partial charge in [0.15, 0.2) is 5.69 Å². The van der Waals surface area contributed by atoms with Crippen LogP contribution in [0.15, 0.2) is 18.6 Å². The van der Waals surface area contributed by atoms with E-state index in [1.807, 2.05) is 13.8 Å². The SMILES string of the molecule is CCNc1ncc(C)c(-c2nccnc2OC)n1. The van der Waals surface area contributed by atoms with Crippen LogP contribution in [0.2, 0.25) is 0 Å². The summed E-state index contributed by atoms with van der Waals surface area (Å²) in [5, 5.41) is 3.07. The van der Waals surface area contributed by atoms with Crippen molar-refractivity contribution in [3.63, 3.8) is 0 Å². The van der Waals surface area contributed by atoms with E-state index in [1.165, 1.54) is 0 Å². The number of nitrogens with one attached hydrogen (secondary N) is 1. The van der Waals surface area contributed by atoms with Crippen molar-refractivity contribution in [1.29, 1.82) is 0 Å². The minimum atomic E-state index is 0.460. The number of rotatable bonds is 4. The second-order valence-corrected chi connectivity index (χ2v) is 3.67.